The van der Waals surface area contributed by atoms with Crippen LogP contribution in [0.5, 0.6) is 0 Å². The van der Waals surface area contributed by atoms with Gasteiger partial charge in [-0.2, -0.15) is 9.57 Å². The van der Waals surface area contributed by atoms with Gasteiger partial charge in [-0.15, -0.1) is 0 Å². The van der Waals surface area contributed by atoms with Crippen LogP contribution in [0.3, 0.4) is 0 Å². The first-order valence-corrected chi connectivity index (χ1v) is 7.23. The number of piperazine rings is 1. The Morgan fingerprint density at radius 2 is 1.88 bits per heavy atom. The van der Waals surface area contributed by atoms with Crippen LogP contribution in [-0.4, -0.2) is 55.6 Å². The highest BCUT2D eigenvalue weighted by Gasteiger charge is 2.27. The zero-order valence-corrected chi connectivity index (χ0v) is 10.7. The van der Waals surface area contributed by atoms with E-state index in [-0.39, 0.29) is 11.8 Å². The van der Waals surface area contributed by atoms with E-state index in [1.54, 1.807) is 0 Å². The maximum Gasteiger partial charge on any atom is 0.214 e. The van der Waals surface area contributed by atoms with E-state index in [9.17, 15) is 8.42 Å². The lowest BCUT2D eigenvalue weighted by atomic mass is 10.2. The van der Waals surface area contributed by atoms with Crippen LogP contribution in [0.25, 0.3) is 0 Å². The molecule has 1 saturated heterocycles. The molecule has 1 atom stereocenters. The van der Waals surface area contributed by atoms with Gasteiger partial charge in [0.1, 0.15) is 0 Å². The lowest BCUT2D eigenvalue weighted by Gasteiger charge is -2.35. The number of sulfonamides is 1. The topological polar surface area (TPSA) is 64.4 Å². The Hall–Kier alpha value is -0.640. The van der Waals surface area contributed by atoms with Crippen LogP contribution in [0.2, 0.25) is 0 Å². The fourth-order valence-electron chi connectivity index (χ4n) is 1.84. The van der Waals surface area contributed by atoms with Crippen molar-refractivity contribution < 1.29 is 8.42 Å². The van der Waals surface area contributed by atoms with Gasteiger partial charge in [-0.3, -0.25) is 4.90 Å². The van der Waals surface area contributed by atoms with Crippen molar-refractivity contribution in [2.45, 2.75) is 26.3 Å². The molecule has 0 aromatic carbocycles. The molecule has 1 heterocycles. The van der Waals surface area contributed by atoms with Crippen molar-refractivity contribution in [1.29, 1.82) is 5.26 Å². The summed E-state index contributed by atoms with van der Waals surface area (Å²) in [5.74, 6) is 0.223. The predicted octanol–water partition coefficient (Wildman–Crippen LogP) is 0.256. The molecule has 0 N–H and O–H groups in total. The molecule has 1 unspecified atom stereocenters. The van der Waals surface area contributed by atoms with Gasteiger partial charge in [0.15, 0.2) is 0 Å². The average molecular weight is 245 g/mol. The van der Waals surface area contributed by atoms with Crippen molar-refractivity contribution in [3.8, 4) is 6.07 Å². The Labute approximate surface area is 97.7 Å². The van der Waals surface area contributed by atoms with Crippen LogP contribution in [0, 0.1) is 11.3 Å². The lowest BCUT2D eigenvalue weighted by molar-refractivity contribution is 0.169. The molecule has 0 aromatic heterocycles. The zero-order valence-electron chi connectivity index (χ0n) is 9.89. The van der Waals surface area contributed by atoms with Crippen molar-refractivity contribution in [2.75, 3.05) is 31.9 Å². The molecule has 0 amide bonds. The summed E-state index contributed by atoms with van der Waals surface area (Å²) in [6, 6.07) is 2.04. The van der Waals surface area contributed by atoms with Gasteiger partial charge in [-0.1, -0.05) is 6.92 Å². The van der Waals surface area contributed by atoms with Crippen LogP contribution >= 0.6 is 0 Å². The molecule has 0 aliphatic carbocycles. The van der Waals surface area contributed by atoms with Crippen LogP contribution in [0.4, 0.5) is 0 Å². The van der Waals surface area contributed by atoms with Gasteiger partial charge in [0.25, 0.3) is 0 Å². The number of hydrogen-bond donors (Lipinski definition) is 0. The summed E-state index contributed by atoms with van der Waals surface area (Å²) >= 11 is 0. The molecular formula is C10H19N3O2S. The smallest absolute Gasteiger partial charge is 0.214 e. The van der Waals surface area contributed by atoms with Gasteiger partial charge < -0.3 is 0 Å². The monoisotopic (exact) mass is 245 g/mol. The molecule has 0 aromatic rings. The van der Waals surface area contributed by atoms with Crippen molar-refractivity contribution in [2.24, 2.45) is 0 Å². The van der Waals surface area contributed by atoms with Gasteiger partial charge in [0, 0.05) is 26.2 Å². The molecule has 92 valence electrons. The Kier molecular flexibility index (Phi) is 4.71. The normalized spacial score (nSPS) is 21.6. The van der Waals surface area contributed by atoms with E-state index in [0.29, 0.717) is 32.6 Å². The molecule has 0 bridgehead atoms. The standard InChI is InChI=1S/C10H19N3O2S/c1-3-8-16(14,15)13-6-4-12(5-7-13)10(2)9-11/h10H,3-8H2,1-2H3. The van der Waals surface area contributed by atoms with E-state index in [2.05, 4.69) is 6.07 Å². The zero-order chi connectivity index (χ0) is 12.2. The fourth-order valence-corrected chi connectivity index (χ4v) is 3.33. The van der Waals surface area contributed by atoms with Crippen molar-refractivity contribution in [1.82, 2.24) is 9.21 Å². The Balaban J connectivity index is 2.53. The van der Waals surface area contributed by atoms with Gasteiger partial charge in [-0.05, 0) is 13.3 Å². The molecule has 1 aliphatic heterocycles. The number of rotatable bonds is 4. The molecule has 5 nitrogen and oxygen atoms in total. The Bertz CT molecular complexity index is 353. The quantitative estimate of drug-likeness (QED) is 0.712. The van der Waals surface area contributed by atoms with Gasteiger partial charge >= 0.3 is 0 Å². The summed E-state index contributed by atoms with van der Waals surface area (Å²) in [7, 11) is -3.07. The largest absolute Gasteiger partial charge is 0.286 e. The number of nitrogens with zero attached hydrogens (tertiary/aromatic N) is 3. The van der Waals surface area contributed by atoms with E-state index in [4.69, 9.17) is 5.26 Å². The van der Waals surface area contributed by atoms with Gasteiger partial charge in [0.05, 0.1) is 17.9 Å². The highest BCUT2D eigenvalue weighted by molar-refractivity contribution is 7.89. The summed E-state index contributed by atoms with van der Waals surface area (Å²) < 4.78 is 25.1. The van der Waals surface area contributed by atoms with Crippen LogP contribution in [0.15, 0.2) is 0 Å². The highest BCUT2D eigenvalue weighted by Crippen LogP contribution is 2.10. The highest BCUT2D eigenvalue weighted by atomic mass is 32.2. The Morgan fingerprint density at radius 3 is 2.31 bits per heavy atom. The summed E-state index contributed by atoms with van der Waals surface area (Å²) in [5.41, 5.74) is 0. The maximum absolute atomic E-state index is 11.8. The van der Waals surface area contributed by atoms with E-state index >= 15 is 0 Å². The minimum Gasteiger partial charge on any atom is -0.286 e. The van der Waals surface area contributed by atoms with Crippen LogP contribution in [0.1, 0.15) is 20.3 Å². The maximum atomic E-state index is 11.8. The molecule has 1 rings (SSSR count). The van der Waals surface area contributed by atoms with Crippen LogP contribution < -0.4 is 0 Å². The van der Waals surface area contributed by atoms with E-state index in [1.165, 1.54) is 4.31 Å². The molecule has 16 heavy (non-hydrogen) atoms. The number of hydrogen-bond acceptors (Lipinski definition) is 4. The minimum absolute atomic E-state index is 0.129. The van der Waals surface area contributed by atoms with Crippen molar-refractivity contribution in [3.05, 3.63) is 0 Å². The average Bonchev–Trinajstić information content (AvgIpc) is 2.28. The first kappa shape index (κ1) is 13.4. The molecule has 0 spiro atoms. The third-order valence-corrected chi connectivity index (χ3v) is 4.94. The van der Waals surface area contributed by atoms with Crippen molar-refractivity contribution in [3.63, 3.8) is 0 Å². The second-order valence-electron chi connectivity index (χ2n) is 4.06. The summed E-state index contributed by atoms with van der Waals surface area (Å²) in [6.07, 6.45) is 0.650. The first-order valence-electron chi connectivity index (χ1n) is 5.62. The number of nitriles is 1. The third-order valence-electron chi connectivity index (χ3n) is 2.86. The molecule has 0 radical (unpaired) electrons. The van der Waals surface area contributed by atoms with E-state index in [1.807, 2.05) is 18.7 Å². The molecule has 1 aliphatic rings. The second kappa shape index (κ2) is 5.62. The first-order chi connectivity index (χ1) is 7.51. The summed E-state index contributed by atoms with van der Waals surface area (Å²) in [6.45, 7) is 6.03. The fraction of sp³-hybridized carbons (Fsp3) is 0.900. The Morgan fingerprint density at radius 1 is 1.31 bits per heavy atom. The lowest BCUT2D eigenvalue weighted by Crippen LogP contribution is -2.51. The summed E-state index contributed by atoms with van der Waals surface area (Å²) in [5, 5.41) is 8.77. The summed E-state index contributed by atoms with van der Waals surface area (Å²) in [4.78, 5) is 2.01. The molecule has 0 saturated carbocycles. The molecular weight excluding hydrogens is 226 g/mol. The van der Waals surface area contributed by atoms with E-state index in [0.717, 1.165) is 0 Å². The van der Waals surface area contributed by atoms with Crippen LogP contribution in [-0.2, 0) is 10.0 Å². The van der Waals surface area contributed by atoms with Crippen molar-refractivity contribution >= 4 is 10.0 Å². The third kappa shape index (κ3) is 3.17. The predicted molar refractivity (Wildman–Crippen MR) is 62.3 cm³/mol. The second-order valence-corrected chi connectivity index (χ2v) is 6.14. The van der Waals surface area contributed by atoms with E-state index < -0.39 is 10.0 Å². The van der Waals surface area contributed by atoms with Gasteiger partial charge in [0.2, 0.25) is 10.0 Å². The van der Waals surface area contributed by atoms with Gasteiger partial charge in [-0.25, -0.2) is 8.42 Å². The SMILES string of the molecule is CCCS(=O)(=O)N1CCN(C(C)C#N)CC1. The molecule has 6 heteroatoms. The minimum atomic E-state index is -3.07. The molecule has 1 fully saturated rings.